The second-order valence-corrected chi connectivity index (χ2v) is 4.64. The number of carbonyl (C=O) groups excluding carboxylic acids is 1. The zero-order valence-corrected chi connectivity index (χ0v) is 9.71. The van der Waals surface area contributed by atoms with Crippen LogP contribution in [-0.4, -0.2) is 36.0 Å². The molecule has 1 amide bonds. The van der Waals surface area contributed by atoms with Crippen LogP contribution in [0, 0.1) is 5.92 Å². The summed E-state index contributed by atoms with van der Waals surface area (Å²) in [5.41, 5.74) is 0. The van der Waals surface area contributed by atoms with Gasteiger partial charge in [0.25, 0.3) is 0 Å². The molecule has 1 heterocycles. The average molecular weight is 198 g/mol. The van der Waals surface area contributed by atoms with E-state index in [0.717, 1.165) is 19.5 Å². The van der Waals surface area contributed by atoms with Crippen molar-refractivity contribution in [1.82, 2.24) is 10.2 Å². The molecule has 0 bridgehead atoms. The Morgan fingerprint density at radius 2 is 2.00 bits per heavy atom. The molecule has 1 saturated heterocycles. The first-order valence-electron chi connectivity index (χ1n) is 5.57. The number of nitrogens with one attached hydrogen (secondary N) is 1. The molecule has 82 valence electrons. The number of carbonyl (C=O) groups is 1. The van der Waals surface area contributed by atoms with Crippen molar-refractivity contribution in [1.29, 1.82) is 0 Å². The summed E-state index contributed by atoms with van der Waals surface area (Å²) >= 11 is 0. The van der Waals surface area contributed by atoms with E-state index in [1.165, 1.54) is 0 Å². The lowest BCUT2D eigenvalue weighted by molar-refractivity contribution is -0.138. The van der Waals surface area contributed by atoms with E-state index in [9.17, 15) is 4.79 Å². The van der Waals surface area contributed by atoms with E-state index in [1.807, 2.05) is 18.7 Å². The third kappa shape index (κ3) is 2.47. The highest BCUT2D eigenvalue weighted by Crippen LogP contribution is 2.15. The Kier molecular flexibility index (Phi) is 3.93. The Balaban J connectivity index is 2.67. The largest absolute Gasteiger partial charge is 0.336 e. The normalized spacial score (nSPS) is 22.0. The van der Waals surface area contributed by atoms with Gasteiger partial charge in [-0.05, 0) is 26.8 Å². The second-order valence-electron chi connectivity index (χ2n) is 4.64. The van der Waals surface area contributed by atoms with Gasteiger partial charge in [0.15, 0.2) is 0 Å². The molecule has 1 unspecified atom stereocenters. The first-order valence-corrected chi connectivity index (χ1v) is 5.57. The Labute approximate surface area is 86.9 Å². The standard InChI is InChI=1S/C11H22N2O/c1-8(2)11(14)13(9(3)4)10-5-6-12-7-10/h8-10,12H,5-7H2,1-4H3. The van der Waals surface area contributed by atoms with Crippen molar-refractivity contribution >= 4 is 5.91 Å². The number of amides is 1. The smallest absolute Gasteiger partial charge is 0.225 e. The number of rotatable bonds is 3. The van der Waals surface area contributed by atoms with Gasteiger partial charge in [0, 0.05) is 24.5 Å². The van der Waals surface area contributed by atoms with Crippen LogP contribution in [0.2, 0.25) is 0 Å². The lowest BCUT2D eigenvalue weighted by Gasteiger charge is -2.33. The maximum Gasteiger partial charge on any atom is 0.225 e. The van der Waals surface area contributed by atoms with Crippen LogP contribution in [0.3, 0.4) is 0 Å². The molecule has 1 N–H and O–H groups in total. The van der Waals surface area contributed by atoms with E-state index in [0.29, 0.717) is 12.1 Å². The minimum atomic E-state index is 0.109. The van der Waals surface area contributed by atoms with Gasteiger partial charge in [-0.1, -0.05) is 13.8 Å². The summed E-state index contributed by atoms with van der Waals surface area (Å²) in [5, 5.41) is 3.31. The van der Waals surface area contributed by atoms with Crippen LogP contribution in [0.25, 0.3) is 0 Å². The number of hydrogen-bond acceptors (Lipinski definition) is 2. The van der Waals surface area contributed by atoms with Crippen molar-refractivity contribution in [2.75, 3.05) is 13.1 Å². The number of nitrogens with zero attached hydrogens (tertiary/aromatic N) is 1. The van der Waals surface area contributed by atoms with Crippen molar-refractivity contribution in [2.24, 2.45) is 5.92 Å². The Morgan fingerprint density at radius 1 is 1.36 bits per heavy atom. The molecule has 0 spiro atoms. The third-order valence-corrected chi connectivity index (χ3v) is 2.73. The lowest BCUT2D eigenvalue weighted by Crippen LogP contribution is -2.47. The van der Waals surface area contributed by atoms with Gasteiger partial charge in [-0.3, -0.25) is 4.79 Å². The molecule has 1 aliphatic rings. The fourth-order valence-corrected chi connectivity index (χ4v) is 2.03. The van der Waals surface area contributed by atoms with Gasteiger partial charge in [-0.15, -0.1) is 0 Å². The molecular formula is C11H22N2O. The third-order valence-electron chi connectivity index (χ3n) is 2.73. The summed E-state index contributed by atoms with van der Waals surface area (Å²) in [4.78, 5) is 14.0. The summed E-state index contributed by atoms with van der Waals surface area (Å²) in [6.45, 7) is 10.1. The van der Waals surface area contributed by atoms with Gasteiger partial charge in [0.1, 0.15) is 0 Å². The van der Waals surface area contributed by atoms with Crippen LogP contribution in [0.4, 0.5) is 0 Å². The molecule has 14 heavy (non-hydrogen) atoms. The molecule has 0 aromatic carbocycles. The van der Waals surface area contributed by atoms with Crippen molar-refractivity contribution in [3.05, 3.63) is 0 Å². The van der Waals surface area contributed by atoms with Gasteiger partial charge in [-0.25, -0.2) is 0 Å². The van der Waals surface area contributed by atoms with Gasteiger partial charge in [-0.2, -0.15) is 0 Å². The van der Waals surface area contributed by atoms with E-state index in [-0.39, 0.29) is 11.8 Å². The monoisotopic (exact) mass is 198 g/mol. The SMILES string of the molecule is CC(C)C(=O)N(C(C)C)C1CCNC1. The molecule has 1 rings (SSSR count). The van der Waals surface area contributed by atoms with Crippen LogP contribution in [0.5, 0.6) is 0 Å². The second kappa shape index (κ2) is 4.78. The van der Waals surface area contributed by atoms with Gasteiger partial charge in [0.2, 0.25) is 5.91 Å². The molecule has 3 heteroatoms. The van der Waals surface area contributed by atoms with Crippen molar-refractivity contribution in [2.45, 2.75) is 46.2 Å². The molecule has 0 radical (unpaired) electrons. The first kappa shape index (κ1) is 11.5. The van der Waals surface area contributed by atoms with Gasteiger partial charge in [0.05, 0.1) is 0 Å². The zero-order valence-electron chi connectivity index (χ0n) is 9.71. The molecule has 0 aliphatic carbocycles. The summed E-state index contributed by atoms with van der Waals surface area (Å²) < 4.78 is 0. The van der Waals surface area contributed by atoms with E-state index in [4.69, 9.17) is 0 Å². The summed E-state index contributed by atoms with van der Waals surface area (Å²) in [6.07, 6.45) is 1.09. The van der Waals surface area contributed by atoms with E-state index < -0.39 is 0 Å². The van der Waals surface area contributed by atoms with E-state index in [1.54, 1.807) is 0 Å². The molecule has 0 saturated carbocycles. The fraction of sp³-hybridized carbons (Fsp3) is 0.909. The minimum Gasteiger partial charge on any atom is -0.336 e. The Hall–Kier alpha value is -0.570. The topological polar surface area (TPSA) is 32.3 Å². The van der Waals surface area contributed by atoms with Crippen molar-refractivity contribution in [3.8, 4) is 0 Å². The predicted octanol–water partition coefficient (Wildman–Crippen LogP) is 1.24. The summed E-state index contributed by atoms with van der Waals surface area (Å²) in [6, 6.07) is 0.722. The van der Waals surface area contributed by atoms with Gasteiger partial charge >= 0.3 is 0 Å². The highest BCUT2D eigenvalue weighted by atomic mass is 16.2. The van der Waals surface area contributed by atoms with Gasteiger partial charge < -0.3 is 10.2 Å². The molecule has 1 fully saturated rings. The molecule has 0 aromatic rings. The Morgan fingerprint density at radius 3 is 2.36 bits per heavy atom. The Bertz CT molecular complexity index is 195. The van der Waals surface area contributed by atoms with Crippen LogP contribution >= 0.6 is 0 Å². The molecular weight excluding hydrogens is 176 g/mol. The van der Waals surface area contributed by atoms with E-state index in [2.05, 4.69) is 19.2 Å². The maximum atomic E-state index is 12.0. The lowest BCUT2D eigenvalue weighted by atomic mass is 10.1. The molecule has 3 nitrogen and oxygen atoms in total. The summed E-state index contributed by atoms with van der Waals surface area (Å²) in [5.74, 6) is 0.395. The maximum absolute atomic E-state index is 12.0. The highest BCUT2D eigenvalue weighted by molar-refractivity contribution is 5.78. The average Bonchev–Trinajstić information content (AvgIpc) is 2.56. The van der Waals surface area contributed by atoms with Crippen LogP contribution in [0.15, 0.2) is 0 Å². The zero-order chi connectivity index (χ0) is 10.7. The predicted molar refractivity (Wildman–Crippen MR) is 58.1 cm³/mol. The van der Waals surface area contributed by atoms with Crippen LogP contribution in [-0.2, 0) is 4.79 Å². The van der Waals surface area contributed by atoms with Crippen LogP contribution in [0.1, 0.15) is 34.1 Å². The molecule has 1 atom stereocenters. The minimum absolute atomic E-state index is 0.109. The van der Waals surface area contributed by atoms with E-state index >= 15 is 0 Å². The van der Waals surface area contributed by atoms with Crippen LogP contribution < -0.4 is 5.32 Å². The molecule has 0 aromatic heterocycles. The quantitative estimate of drug-likeness (QED) is 0.740. The molecule has 1 aliphatic heterocycles. The highest BCUT2D eigenvalue weighted by Gasteiger charge is 2.29. The number of hydrogen-bond donors (Lipinski definition) is 1. The van der Waals surface area contributed by atoms with Crippen molar-refractivity contribution < 1.29 is 4.79 Å². The first-order chi connectivity index (χ1) is 6.54. The van der Waals surface area contributed by atoms with Crippen molar-refractivity contribution in [3.63, 3.8) is 0 Å². The summed E-state index contributed by atoms with van der Waals surface area (Å²) in [7, 11) is 0. The fourth-order valence-electron chi connectivity index (χ4n) is 2.03.